The summed E-state index contributed by atoms with van der Waals surface area (Å²) >= 11 is 0. The second-order valence-electron chi connectivity index (χ2n) is 5.72. The summed E-state index contributed by atoms with van der Waals surface area (Å²) in [5.74, 6) is -1.90. The van der Waals surface area contributed by atoms with Crippen molar-refractivity contribution in [1.82, 2.24) is 0 Å². The first kappa shape index (κ1) is 18.9. The zero-order valence-corrected chi connectivity index (χ0v) is 13.1. The van der Waals surface area contributed by atoms with Crippen molar-refractivity contribution in [2.24, 2.45) is 17.6 Å². The van der Waals surface area contributed by atoms with Crippen molar-refractivity contribution in [3.63, 3.8) is 0 Å². The van der Waals surface area contributed by atoms with Crippen LogP contribution in [0.2, 0.25) is 0 Å². The van der Waals surface area contributed by atoms with Crippen molar-refractivity contribution in [1.29, 1.82) is 0 Å². The second kappa shape index (κ2) is 11.7. The summed E-state index contributed by atoms with van der Waals surface area (Å²) in [6, 6.07) is 0. The van der Waals surface area contributed by atoms with Crippen molar-refractivity contribution in [2.75, 3.05) is 0 Å². The van der Waals surface area contributed by atoms with Crippen LogP contribution in [-0.2, 0) is 9.59 Å². The molecule has 0 spiro atoms. The number of aliphatic carboxylic acids is 1. The largest absolute Gasteiger partial charge is 0.481 e. The van der Waals surface area contributed by atoms with Gasteiger partial charge >= 0.3 is 5.97 Å². The number of unbranched alkanes of at least 4 members (excludes halogenated alkanes) is 5. The number of carboxylic acids is 1. The Hall–Kier alpha value is -1.06. The first-order valence-electron chi connectivity index (χ1n) is 8.04. The molecule has 4 nitrogen and oxygen atoms in total. The summed E-state index contributed by atoms with van der Waals surface area (Å²) in [5, 5.41) is 9.34. The number of carbonyl (C=O) groups excluding carboxylic acids is 1. The highest BCUT2D eigenvalue weighted by Gasteiger charge is 2.28. The van der Waals surface area contributed by atoms with Crippen LogP contribution in [0.15, 0.2) is 0 Å². The van der Waals surface area contributed by atoms with Gasteiger partial charge < -0.3 is 10.8 Å². The van der Waals surface area contributed by atoms with Gasteiger partial charge in [-0.2, -0.15) is 0 Å². The van der Waals surface area contributed by atoms with Crippen LogP contribution in [0, 0.1) is 11.8 Å². The van der Waals surface area contributed by atoms with Crippen LogP contribution >= 0.6 is 0 Å². The summed E-state index contributed by atoms with van der Waals surface area (Å²) in [7, 11) is 0. The maximum Gasteiger partial charge on any atom is 0.307 e. The van der Waals surface area contributed by atoms with E-state index in [4.69, 9.17) is 5.73 Å². The maximum absolute atomic E-state index is 11.4. The summed E-state index contributed by atoms with van der Waals surface area (Å²) in [5.41, 5.74) is 5.20. The molecule has 0 aromatic heterocycles. The molecule has 0 saturated carbocycles. The van der Waals surface area contributed by atoms with Crippen LogP contribution < -0.4 is 5.73 Å². The van der Waals surface area contributed by atoms with E-state index in [-0.39, 0.29) is 12.3 Å². The monoisotopic (exact) mass is 285 g/mol. The highest BCUT2D eigenvalue weighted by Crippen LogP contribution is 2.28. The third-order valence-corrected chi connectivity index (χ3v) is 3.91. The smallest absolute Gasteiger partial charge is 0.307 e. The number of hydrogen-bond donors (Lipinski definition) is 2. The zero-order chi connectivity index (χ0) is 15.4. The Morgan fingerprint density at radius 1 is 0.950 bits per heavy atom. The number of carboxylic acid groups (broad SMARTS) is 1. The highest BCUT2D eigenvalue weighted by atomic mass is 16.4. The lowest BCUT2D eigenvalue weighted by molar-refractivity contribution is -0.146. The Balaban J connectivity index is 4.49. The normalized spacial score (nSPS) is 13.9. The van der Waals surface area contributed by atoms with Gasteiger partial charge in [-0.1, -0.05) is 58.8 Å². The van der Waals surface area contributed by atoms with E-state index in [0.29, 0.717) is 0 Å². The van der Waals surface area contributed by atoms with Crippen molar-refractivity contribution in [3.8, 4) is 0 Å². The predicted molar refractivity (Wildman–Crippen MR) is 81.3 cm³/mol. The molecule has 118 valence electrons. The van der Waals surface area contributed by atoms with Crippen LogP contribution in [0.5, 0.6) is 0 Å². The average molecular weight is 285 g/mol. The molecule has 0 fully saturated rings. The molecule has 0 rings (SSSR count). The molecule has 3 N–H and O–H groups in total. The van der Waals surface area contributed by atoms with Crippen LogP contribution in [0.4, 0.5) is 0 Å². The molecule has 0 aliphatic heterocycles. The highest BCUT2D eigenvalue weighted by molar-refractivity contribution is 5.81. The SMILES string of the molecule is CCCCCCC(CCCCC)C(CC(N)=O)C(=O)O. The summed E-state index contributed by atoms with van der Waals surface area (Å²) in [6.45, 7) is 4.29. The molecule has 2 unspecified atom stereocenters. The molecule has 0 heterocycles. The van der Waals surface area contributed by atoms with Crippen LogP contribution in [0.3, 0.4) is 0 Å². The van der Waals surface area contributed by atoms with E-state index < -0.39 is 17.8 Å². The van der Waals surface area contributed by atoms with Gasteiger partial charge in [-0.25, -0.2) is 0 Å². The van der Waals surface area contributed by atoms with Crippen LogP contribution in [0.25, 0.3) is 0 Å². The minimum absolute atomic E-state index is 0.0279. The van der Waals surface area contributed by atoms with E-state index in [9.17, 15) is 14.7 Å². The lowest BCUT2D eigenvalue weighted by Crippen LogP contribution is -2.29. The number of nitrogens with two attached hydrogens (primary N) is 1. The number of primary amides is 1. The third kappa shape index (κ3) is 8.94. The van der Waals surface area contributed by atoms with E-state index in [1.807, 2.05) is 0 Å². The van der Waals surface area contributed by atoms with Crippen molar-refractivity contribution < 1.29 is 14.7 Å². The van der Waals surface area contributed by atoms with E-state index in [1.54, 1.807) is 0 Å². The third-order valence-electron chi connectivity index (χ3n) is 3.91. The fourth-order valence-electron chi connectivity index (χ4n) is 2.71. The Morgan fingerprint density at radius 3 is 1.90 bits per heavy atom. The lowest BCUT2D eigenvalue weighted by atomic mass is 9.81. The van der Waals surface area contributed by atoms with Crippen molar-refractivity contribution in [2.45, 2.75) is 78.1 Å². The first-order chi connectivity index (χ1) is 9.52. The van der Waals surface area contributed by atoms with Gasteiger partial charge in [0.1, 0.15) is 0 Å². The van der Waals surface area contributed by atoms with E-state index in [0.717, 1.165) is 44.9 Å². The molecule has 0 aliphatic rings. The number of rotatable bonds is 13. The Bertz CT molecular complexity index is 279. The molecule has 0 saturated heterocycles. The fraction of sp³-hybridized carbons (Fsp3) is 0.875. The maximum atomic E-state index is 11.4. The molecule has 20 heavy (non-hydrogen) atoms. The van der Waals surface area contributed by atoms with Gasteiger partial charge in [0.2, 0.25) is 5.91 Å². The molecular formula is C16H31NO3. The minimum atomic E-state index is -0.874. The first-order valence-corrected chi connectivity index (χ1v) is 8.04. The van der Waals surface area contributed by atoms with E-state index in [2.05, 4.69) is 13.8 Å². The fourth-order valence-corrected chi connectivity index (χ4v) is 2.71. The standard InChI is InChI=1S/C16H31NO3/c1-3-5-7-9-11-13(10-8-6-4-2)14(16(19)20)12-15(17)18/h13-14H,3-12H2,1-2H3,(H2,17,18)(H,19,20). The molecule has 0 aliphatic carbocycles. The number of carbonyl (C=O) groups is 2. The minimum Gasteiger partial charge on any atom is -0.481 e. The number of amides is 1. The van der Waals surface area contributed by atoms with Gasteiger partial charge in [-0.05, 0) is 18.8 Å². The molecular weight excluding hydrogens is 254 g/mol. The molecule has 0 aromatic carbocycles. The zero-order valence-electron chi connectivity index (χ0n) is 13.1. The summed E-state index contributed by atoms with van der Waals surface area (Å²) in [6.07, 6.45) is 9.59. The Labute approximate surface area is 123 Å². The molecule has 0 aromatic rings. The number of hydrogen-bond acceptors (Lipinski definition) is 2. The molecule has 0 radical (unpaired) electrons. The molecule has 4 heteroatoms. The average Bonchev–Trinajstić information content (AvgIpc) is 2.39. The van der Waals surface area contributed by atoms with Crippen LogP contribution in [-0.4, -0.2) is 17.0 Å². The van der Waals surface area contributed by atoms with Gasteiger partial charge in [-0.15, -0.1) is 0 Å². The van der Waals surface area contributed by atoms with Crippen molar-refractivity contribution in [3.05, 3.63) is 0 Å². The van der Waals surface area contributed by atoms with Crippen molar-refractivity contribution >= 4 is 11.9 Å². The second-order valence-corrected chi connectivity index (χ2v) is 5.72. The summed E-state index contributed by atoms with van der Waals surface area (Å²) in [4.78, 5) is 22.5. The van der Waals surface area contributed by atoms with E-state index >= 15 is 0 Å². The Morgan fingerprint density at radius 2 is 1.45 bits per heavy atom. The topological polar surface area (TPSA) is 80.4 Å². The molecule has 0 bridgehead atoms. The van der Waals surface area contributed by atoms with Gasteiger partial charge in [0, 0.05) is 6.42 Å². The van der Waals surface area contributed by atoms with Gasteiger partial charge in [0.15, 0.2) is 0 Å². The lowest BCUT2D eigenvalue weighted by Gasteiger charge is -2.23. The predicted octanol–water partition coefficient (Wildman–Crippen LogP) is 3.73. The van der Waals surface area contributed by atoms with Crippen LogP contribution in [0.1, 0.15) is 78.1 Å². The van der Waals surface area contributed by atoms with Gasteiger partial charge in [0.25, 0.3) is 0 Å². The Kier molecular flexibility index (Phi) is 11.1. The molecule has 1 amide bonds. The van der Waals surface area contributed by atoms with Gasteiger partial charge in [-0.3, -0.25) is 9.59 Å². The van der Waals surface area contributed by atoms with Gasteiger partial charge in [0.05, 0.1) is 5.92 Å². The summed E-state index contributed by atoms with van der Waals surface area (Å²) < 4.78 is 0. The van der Waals surface area contributed by atoms with E-state index in [1.165, 1.54) is 12.8 Å². The quantitative estimate of drug-likeness (QED) is 0.506. The molecule has 2 atom stereocenters.